The summed E-state index contributed by atoms with van der Waals surface area (Å²) in [7, 11) is 0. The van der Waals surface area contributed by atoms with Gasteiger partial charge in [-0.15, -0.1) is 0 Å². The maximum atomic E-state index is 12.6. The molecule has 0 unspecified atom stereocenters. The van der Waals surface area contributed by atoms with Crippen molar-refractivity contribution in [3.05, 3.63) is 76.9 Å². The number of carbonyl (C=O) groups is 1. The average Bonchev–Trinajstić information content (AvgIpc) is 2.68. The summed E-state index contributed by atoms with van der Waals surface area (Å²) >= 11 is 6.14. The maximum Gasteiger partial charge on any atom is 0.226 e. The number of halogens is 1. The Bertz CT molecular complexity index is 830. The molecule has 1 aromatic carbocycles. The normalized spacial score (nSPS) is 14.2. The lowest BCUT2D eigenvalue weighted by atomic mass is 10.0. The van der Waals surface area contributed by atoms with Crippen molar-refractivity contribution < 1.29 is 4.79 Å². The zero-order valence-electron chi connectivity index (χ0n) is 14.7. The molecular formula is C21H20ClN3O. The van der Waals surface area contributed by atoms with E-state index < -0.39 is 0 Å². The summed E-state index contributed by atoms with van der Waals surface area (Å²) < 4.78 is 0. The van der Waals surface area contributed by atoms with Crippen LogP contribution < -0.4 is 0 Å². The van der Waals surface area contributed by atoms with Crippen LogP contribution in [0.25, 0.3) is 5.57 Å². The van der Waals surface area contributed by atoms with Crippen molar-refractivity contribution in [3.8, 4) is 0 Å². The minimum Gasteiger partial charge on any atom is -0.338 e. The Morgan fingerprint density at radius 2 is 2.27 bits per heavy atom. The van der Waals surface area contributed by atoms with Crippen LogP contribution in [0.5, 0.6) is 0 Å². The molecule has 5 heteroatoms. The molecule has 0 N–H and O–H groups in total. The first kappa shape index (κ1) is 18.2. The lowest BCUT2D eigenvalue weighted by molar-refractivity contribution is -0.131. The lowest BCUT2D eigenvalue weighted by Crippen LogP contribution is -2.36. The van der Waals surface area contributed by atoms with Crippen LogP contribution >= 0.6 is 11.6 Å². The van der Waals surface area contributed by atoms with E-state index >= 15 is 0 Å². The van der Waals surface area contributed by atoms with E-state index in [0.717, 1.165) is 28.8 Å². The van der Waals surface area contributed by atoms with E-state index in [1.54, 1.807) is 0 Å². The summed E-state index contributed by atoms with van der Waals surface area (Å²) in [5.74, 6) is 0.0793. The zero-order valence-corrected chi connectivity index (χ0v) is 15.5. The maximum absolute atomic E-state index is 12.6. The first-order valence-corrected chi connectivity index (χ1v) is 9.07. The highest BCUT2D eigenvalue weighted by atomic mass is 35.5. The molecule has 0 saturated heterocycles. The van der Waals surface area contributed by atoms with Crippen molar-refractivity contribution in [3.63, 3.8) is 0 Å². The van der Waals surface area contributed by atoms with E-state index in [1.165, 1.54) is 6.33 Å². The molecule has 4 nitrogen and oxygen atoms in total. The van der Waals surface area contributed by atoms with E-state index in [1.807, 2.05) is 35.3 Å². The predicted molar refractivity (Wildman–Crippen MR) is 102 cm³/mol. The van der Waals surface area contributed by atoms with Gasteiger partial charge in [-0.1, -0.05) is 48.9 Å². The van der Waals surface area contributed by atoms with Crippen molar-refractivity contribution in [2.24, 2.45) is 0 Å². The van der Waals surface area contributed by atoms with E-state index in [2.05, 4.69) is 35.1 Å². The molecule has 1 aromatic heterocycles. The topological polar surface area (TPSA) is 46.1 Å². The summed E-state index contributed by atoms with van der Waals surface area (Å²) in [4.78, 5) is 22.6. The second-order valence-electron chi connectivity index (χ2n) is 6.05. The van der Waals surface area contributed by atoms with Crippen LogP contribution in [0.15, 0.2) is 42.8 Å². The van der Waals surface area contributed by atoms with Gasteiger partial charge in [-0.05, 0) is 35.8 Å². The Labute approximate surface area is 159 Å². The van der Waals surface area contributed by atoms with E-state index in [9.17, 15) is 4.79 Å². The molecule has 0 fully saturated rings. The number of rotatable bonds is 5. The number of carbonyl (C=O) groups excluding carboxylic acids is 1. The Balaban J connectivity index is 1.64. The molecule has 3 rings (SSSR count). The van der Waals surface area contributed by atoms with Crippen molar-refractivity contribution >= 4 is 23.1 Å². The zero-order chi connectivity index (χ0) is 18.4. The smallest absolute Gasteiger partial charge is 0.226 e. The Hall–Kier alpha value is -2.64. The van der Waals surface area contributed by atoms with Crippen molar-refractivity contribution in [2.45, 2.75) is 32.7 Å². The third-order valence-electron chi connectivity index (χ3n) is 4.31. The van der Waals surface area contributed by atoms with Crippen LogP contribution in [0.2, 0.25) is 5.15 Å². The number of fused-ring (bicyclic) bond motifs is 1. The molecule has 1 aliphatic heterocycles. The highest BCUT2D eigenvalue weighted by Crippen LogP contribution is 2.23. The first-order chi connectivity index (χ1) is 12.7. The van der Waals surface area contributed by atoms with Crippen LogP contribution in [0.1, 0.15) is 36.6 Å². The fourth-order valence-corrected chi connectivity index (χ4v) is 3.18. The number of allylic oxidation sites excluding steroid dienone is 3. The third kappa shape index (κ3) is 4.30. The molecule has 26 heavy (non-hydrogen) atoms. The molecule has 132 valence electrons. The predicted octanol–water partition coefficient (Wildman–Crippen LogP) is 4.05. The summed E-state index contributed by atoms with van der Waals surface area (Å²) in [5.41, 5.74) is 3.96. The van der Waals surface area contributed by atoms with Gasteiger partial charge in [-0.3, -0.25) is 4.79 Å². The molecule has 2 heterocycles. The molecule has 0 spiro atoms. The van der Waals surface area contributed by atoms with Crippen molar-refractivity contribution in [1.29, 1.82) is 0 Å². The molecular weight excluding hydrogens is 346 g/mol. The fourth-order valence-electron chi connectivity index (χ4n) is 2.96. The Morgan fingerprint density at radius 3 is 3.04 bits per heavy atom. The van der Waals surface area contributed by atoms with Crippen LogP contribution in [0.3, 0.4) is 0 Å². The molecule has 0 bridgehead atoms. The van der Waals surface area contributed by atoms with Crippen LogP contribution in [-0.4, -0.2) is 27.3 Å². The van der Waals surface area contributed by atoms with Gasteiger partial charge >= 0.3 is 0 Å². The number of nitrogens with zero attached hydrogens (tertiary/aromatic N) is 3. The highest BCUT2D eigenvalue weighted by molar-refractivity contribution is 6.30. The van der Waals surface area contributed by atoms with E-state index in [-0.39, 0.29) is 5.91 Å². The SMILES string of the molecule is CCC=C(C=CCC(=O)N1CCc2ncnc(Cl)c2C1)c1cc#ccc1. The summed E-state index contributed by atoms with van der Waals surface area (Å²) in [5, 5.41) is 0.438. The van der Waals surface area contributed by atoms with E-state index in [4.69, 9.17) is 11.6 Å². The molecule has 0 aliphatic carbocycles. The second-order valence-corrected chi connectivity index (χ2v) is 6.41. The van der Waals surface area contributed by atoms with Gasteiger partial charge in [0.15, 0.2) is 0 Å². The van der Waals surface area contributed by atoms with Gasteiger partial charge in [0.2, 0.25) is 5.91 Å². The minimum absolute atomic E-state index is 0.0793. The summed E-state index contributed by atoms with van der Waals surface area (Å²) in [6.45, 7) is 3.23. The van der Waals surface area contributed by atoms with Gasteiger partial charge in [0.05, 0.1) is 12.2 Å². The number of hydrogen-bond donors (Lipinski definition) is 0. The molecule has 0 saturated carbocycles. The van der Waals surface area contributed by atoms with Gasteiger partial charge < -0.3 is 4.90 Å². The fraction of sp³-hybridized carbons (Fsp3) is 0.286. The van der Waals surface area contributed by atoms with E-state index in [0.29, 0.717) is 31.1 Å². The number of amides is 1. The van der Waals surface area contributed by atoms with Crippen molar-refractivity contribution in [1.82, 2.24) is 14.9 Å². The molecule has 2 aromatic rings. The number of aromatic nitrogens is 2. The van der Waals surface area contributed by atoms with Crippen LogP contribution in [0.4, 0.5) is 0 Å². The summed E-state index contributed by atoms with van der Waals surface area (Å²) in [6.07, 6.45) is 9.51. The quantitative estimate of drug-likeness (QED) is 0.593. The monoisotopic (exact) mass is 365 g/mol. The first-order valence-electron chi connectivity index (χ1n) is 8.70. The second kappa shape index (κ2) is 8.64. The summed E-state index contributed by atoms with van der Waals surface area (Å²) in [6, 6.07) is 11.6. The molecule has 1 aliphatic rings. The highest BCUT2D eigenvalue weighted by Gasteiger charge is 2.23. The van der Waals surface area contributed by atoms with Crippen molar-refractivity contribution in [2.75, 3.05) is 6.54 Å². The van der Waals surface area contributed by atoms with Crippen LogP contribution in [0, 0.1) is 12.1 Å². The van der Waals surface area contributed by atoms with Gasteiger partial charge in [-0.25, -0.2) is 9.97 Å². The van der Waals surface area contributed by atoms with Gasteiger partial charge in [0.25, 0.3) is 0 Å². The molecule has 0 radical (unpaired) electrons. The molecule has 0 atom stereocenters. The van der Waals surface area contributed by atoms with Crippen LogP contribution in [-0.2, 0) is 17.8 Å². The average molecular weight is 366 g/mol. The Kier molecular flexibility index (Phi) is 6.04. The minimum atomic E-state index is 0.0793. The third-order valence-corrected chi connectivity index (χ3v) is 4.63. The molecule has 1 amide bonds. The van der Waals surface area contributed by atoms with Gasteiger partial charge in [0.1, 0.15) is 11.5 Å². The standard InChI is InChI=1S/C21H20ClN3O/c1-2-7-16(17-8-4-3-5-9-17)10-6-11-20(26)25-13-12-19-18(14-25)21(22)24-15-23-19/h4,6-10,15H,2,11-14H2,1H3. The largest absolute Gasteiger partial charge is 0.338 e. The van der Waals surface area contributed by atoms with Gasteiger partial charge in [0, 0.05) is 24.9 Å². The number of hydrogen-bond acceptors (Lipinski definition) is 3. The van der Waals surface area contributed by atoms with Gasteiger partial charge in [-0.2, -0.15) is 0 Å². The lowest BCUT2D eigenvalue weighted by Gasteiger charge is -2.28. The Morgan fingerprint density at radius 1 is 1.38 bits per heavy atom.